The van der Waals surface area contributed by atoms with Gasteiger partial charge in [0.05, 0.1) is 18.0 Å². The summed E-state index contributed by atoms with van der Waals surface area (Å²) in [6.07, 6.45) is -5.41. The van der Waals surface area contributed by atoms with Crippen LogP contribution in [-0.4, -0.2) is 22.0 Å². The van der Waals surface area contributed by atoms with Gasteiger partial charge in [0.25, 0.3) is 5.91 Å². The molecule has 0 radical (unpaired) electrons. The number of hydrogen-bond acceptors (Lipinski definition) is 4. The van der Waals surface area contributed by atoms with Gasteiger partial charge in [-0.25, -0.2) is 4.98 Å². The van der Waals surface area contributed by atoms with Crippen LogP contribution < -0.4 is 5.32 Å². The van der Waals surface area contributed by atoms with E-state index in [1.165, 1.54) is 28.8 Å². The largest absolute Gasteiger partial charge is 0.481 e. The number of nitrogens with one attached hydrogen (secondary N) is 1. The summed E-state index contributed by atoms with van der Waals surface area (Å²) in [5.41, 5.74) is -0.636. The number of nitrogens with zero attached hydrogens (tertiary/aromatic N) is 1. The monoisotopic (exact) mass is 454 g/mol. The molecule has 0 aliphatic carbocycles. The smallest absolute Gasteiger partial charge is 0.416 e. The Kier molecular flexibility index (Phi) is 6.42. The minimum absolute atomic E-state index is 0.0233. The summed E-state index contributed by atoms with van der Waals surface area (Å²) in [5.74, 6) is -2.12. The molecule has 5 nitrogen and oxygen atoms in total. The van der Waals surface area contributed by atoms with Crippen molar-refractivity contribution in [1.29, 1.82) is 0 Å². The van der Waals surface area contributed by atoms with E-state index >= 15 is 0 Å². The number of amides is 1. The van der Waals surface area contributed by atoms with Crippen LogP contribution in [0, 0.1) is 0 Å². The highest BCUT2D eigenvalue weighted by molar-refractivity contribution is 7.13. The zero-order valence-corrected chi connectivity index (χ0v) is 16.7. The Bertz CT molecular complexity index is 1070. The first-order chi connectivity index (χ1) is 14.1. The zero-order chi connectivity index (χ0) is 21.9. The molecule has 0 bridgehead atoms. The summed E-state index contributed by atoms with van der Waals surface area (Å²) in [4.78, 5) is 28.0. The van der Waals surface area contributed by atoms with Crippen LogP contribution in [0.2, 0.25) is 5.02 Å². The van der Waals surface area contributed by atoms with E-state index in [0.717, 1.165) is 12.1 Å². The zero-order valence-electron chi connectivity index (χ0n) is 15.1. The molecular weight excluding hydrogens is 441 g/mol. The van der Waals surface area contributed by atoms with Crippen LogP contribution in [0.25, 0.3) is 10.6 Å². The Morgan fingerprint density at radius 1 is 1.13 bits per heavy atom. The van der Waals surface area contributed by atoms with E-state index in [1.54, 1.807) is 24.3 Å². The topological polar surface area (TPSA) is 79.3 Å². The molecule has 2 N–H and O–H groups in total. The predicted octanol–water partition coefficient (Wildman–Crippen LogP) is 5.43. The van der Waals surface area contributed by atoms with Crippen molar-refractivity contribution in [3.05, 3.63) is 75.8 Å². The van der Waals surface area contributed by atoms with Gasteiger partial charge in [-0.3, -0.25) is 9.59 Å². The average molecular weight is 455 g/mol. The van der Waals surface area contributed by atoms with Gasteiger partial charge >= 0.3 is 12.1 Å². The first kappa shape index (κ1) is 21.8. The van der Waals surface area contributed by atoms with E-state index in [9.17, 15) is 22.8 Å². The molecule has 1 aromatic heterocycles. The van der Waals surface area contributed by atoms with Crippen LogP contribution in [0.1, 0.15) is 34.1 Å². The number of thiazole rings is 1. The maximum absolute atomic E-state index is 13.3. The second-order valence-corrected chi connectivity index (χ2v) is 7.55. The fourth-order valence-corrected chi connectivity index (χ4v) is 3.74. The van der Waals surface area contributed by atoms with Gasteiger partial charge in [0.1, 0.15) is 10.7 Å². The molecule has 30 heavy (non-hydrogen) atoms. The normalized spacial score (nSPS) is 12.4. The molecule has 10 heteroatoms. The lowest BCUT2D eigenvalue weighted by molar-refractivity contribution is -0.140. The van der Waals surface area contributed by atoms with Gasteiger partial charge in [-0.05, 0) is 23.8 Å². The molecule has 156 valence electrons. The number of carboxylic acid groups (broad SMARTS) is 1. The van der Waals surface area contributed by atoms with Gasteiger partial charge in [0.2, 0.25) is 0 Å². The number of hydrogen-bond donors (Lipinski definition) is 2. The summed E-state index contributed by atoms with van der Waals surface area (Å²) in [7, 11) is 0. The highest BCUT2D eigenvalue weighted by Crippen LogP contribution is 2.35. The highest BCUT2D eigenvalue weighted by Gasteiger charge is 2.36. The minimum atomic E-state index is -4.69. The number of carboxylic acids is 1. The van der Waals surface area contributed by atoms with Gasteiger partial charge in [0, 0.05) is 16.0 Å². The number of rotatable bonds is 6. The molecule has 0 aliphatic rings. The molecule has 3 rings (SSSR count). The molecule has 0 fully saturated rings. The molecule has 0 spiro atoms. The van der Waals surface area contributed by atoms with Crippen molar-refractivity contribution in [1.82, 2.24) is 10.3 Å². The molecule has 0 saturated heterocycles. The van der Waals surface area contributed by atoms with Gasteiger partial charge in [-0.15, -0.1) is 11.3 Å². The Morgan fingerprint density at radius 2 is 1.80 bits per heavy atom. The second-order valence-electron chi connectivity index (χ2n) is 6.25. The number of carbonyl (C=O) groups is 2. The maximum atomic E-state index is 13.3. The quantitative estimate of drug-likeness (QED) is 0.520. The first-order valence-corrected chi connectivity index (χ1v) is 9.81. The lowest BCUT2D eigenvalue weighted by atomic mass is 9.97. The lowest BCUT2D eigenvalue weighted by Crippen LogP contribution is -2.32. The Labute approximate surface area is 178 Å². The fourth-order valence-electron chi connectivity index (χ4n) is 2.81. The van der Waals surface area contributed by atoms with E-state index in [2.05, 4.69) is 10.3 Å². The molecule has 0 saturated carbocycles. The Hall–Kier alpha value is -2.91. The van der Waals surface area contributed by atoms with Crippen molar-refractivity contribution in [3.63, 3.8) is 0 Å². The minimum Gasteiger partial charge on any atom is -0.481 e. The highest BCUT2D eigenvalue weighted by atomic mass is 35.5. The van der Waals surface area contributed by atoms with Crippen molar-refractivity contribution in [2.75, 3.05) is 0 Å². The van der Waals surface area contributed by atoms with Crippen molar-refractivity contribution in [3.8, 4) is 10.6 Å². The summed E-state index contributed by atoms with van der Waals surface area (Å²) in [6.45, 7) is 0. The van der Waals surface area contributed by atoms with E-state index in [4.69, 9.17) is 16.7 Å². The molecule has 3 aromatic rings. The molecule has 1 atom stereocenters. The lowest BCUT2D eigenvalue weighted by Gasteiger charge is -2.21. The second kappa shape index (κ2) is 8.85. The third kappa shape index (κ3) is 5.17. The van der Waals surface area contributed by atoms with Gasteiger partial charge in [0.15, 0.2) is 0 Å². The van der Waals surface area contributed by atoms with E-state index < -0.39 is 36.1 Å². The Morgan fingerprint density at radius 3 is 2.43 bits per heavy atom. The average Bonchev–Trinajstić information content (AvgIpc) is 3.17. The van der Waals surface area contributed by atoms with E-state index in [-0.39, 0.29) is 11.3 Å². The molecule has 1 amide bonds. The molecular formula is C20H14ClF3N2O3S. The number of alkyl halides is 3. The van der Waals surface area contributed by atoms with Crippen molar-refractivity contribution < 1.29 is 27.9 Å². The van der Waals surface area contributed by atoms with Gasteiger partial charge in [-0.1, -0.05) is 41.9 Å². The molecule has 1 heterocycles. The maximum Gasteiger partial charge on any atom is 0.416 e. The molecule has 2 aromatic carbocycles. The van der Waals surface area contributed by atoms with Crippen LogP contribution in [0.15, 0.2) is 53.9 Å². The standard InChI is InChI=1S/C20H14ClF3N2O3S/c21-12-7-5-11(6-8-12)19-26-16(10-30-19)18(29)25-15(9-17(27)28)13-3-1-2-4-14(13)20(22,23)24/h1-8,10,15H,9H2,(H,25,29)(H,27,28)/t15-/m0/s1. The third-order valence-electron chi connectivity index (χ3n) is 4.15. The van der Waals surface area contributed by atoms with Crippen molar-refractivity contribution >= 4 is 34.8 Å². The summed E-state index contributed by atoms with van der Waals surface area (Å²) in [6, 6.07) is 9.93. The third-order valence-corrected chi connectivity index (χ3v) is 5.30. The van der Waals surface area contributed by atoms with Crippen LogP contribution in [0.5, 0.6) is 0 Å². The SMILES string of the molecule is O=C(O)C[C@H](NC(=O)c1csc(-c2ccc(Cl)cc2)n1)c1ccccc1C(F)(F)F. The van der Waals surface area contributed by atoms with Crippen LogP contribution in [0.4, 0.5) is 13.2 Å². The van der Waals surface area contributed by atoms with Crippen molar-refractivity contribution in [2.45, 2.75) is 18.6 Å². The summed E-state index contributed by atoms with van der Waals surface area (Å²) < 4.78 is 40.0. The van der Waals surface area contributed by atoms with E-state index in [1.807, 2.05) is 0 Å². The number of aliphatic carboxylic acids is 1. The van der Waals surface area contributed by atoms with E-state index in [0.29, 0.717) is 15.6 Å². The van der Waals surface area contributed by atoms with Crippen LogP contribution in [-0.2, 0) is 11.0 Å². The fraction of sp³-hybridized carbons (Fsp3) is 0.150. The molecule has 0 aliphatic heterocycles. The van der Waals surface area contributed by atoms with Gasteiger partial charge < -0.3 is 10.4 Å². The van der Waals surface area contributed by atoms with Crippen LogP contribution >= 0.6 is 22.9 Å². The number of aromatic nitrogens is 1. The van der Waals surface area contributed by atoms with Crippen molar-refractivity contribution in [2.24, 2.45) is 0 Å². The number of benzene rings is 2. The molecule has 0 unspecified atom stereocenters. The Balaban J connectivity index is 1.87. The number of halogens is 4. The van der Waals surface area contributed by atoms with Crippen LogP contribution in [0.3, 0.4) is 0 Å². The summed E-state index contributed by atoms with van der Waals surface area (Å²) >= 11 is 7.02. The first-order valence-electron chi connectivity index (χ1n) is 8.55. The number of carbonyl (C=O) groups excluding carboxylic acids is 1. The summed E-state index contributed by atoms with van der Waals surface area (Å²) in [5, 5.41) is 14.0. The predicted molar refractivity (Wildman–Crippen MR) is 106 cm³/mol. The van der Waals surface area contributed by atoms with Gasteiger partial charge in [-0.2, -0.15) is 13.2 Å².